The molecule has 0 saturated heterocycles. The molecule has 120 valence electrons. The lowest BCUT2D eigenvalue weighted by Crippen LogP contribution is -2.10. The van der Waals surface area contributed by atoms with Gasteiger partial charge in [-0.15, -0.1) is 0 Å². The highest BCUT2D eigenvalue weighted by atomic mass is 15.1. The van der Waals surface area contributed by atoms with Crippen LogP contribution < -0.4 is 0 Å². The van der Waals surface area contributed by atoms with E-state index >= 15 is 0 Å². The number of rotatable bonds is 2. The van der Waals surface area contributed by atoms with Gasteiger partial charge in [-0.05, 0) is 37.3 Å². The summed E-state index contributed by atoms with van der Waals surface area (Å²) in [5.41, 5.74) is 6.59. The minimum absolute atomic E-state index is 0.344. The zero-order valence-electron chi connectivity index (χ0n) is 14.1. The van der Waals surface area contributed by atoms with Crippen LogP contribution in [0.2, 0.25) is 0 Å². The van der Waals surface area contributed by atoms with Crippen molar-refractivity contribution < 1.29 is 0 Å². The first-order chi connectivity index (χ1) is 11.8. The molecule has 1 aliphatic carbocycles. The Kier molecular flexibility index (Phi) is 3.12. The van der Waals surface area contributed by atoms with Crippen LogP contribution in [-0.4, -0.2) is 9.55 Å². The fourth-order valence-corrected chi connectivity index (χ4v) is 4.51. The third-order valence-electron chi connectivity index (χ3n) is 5.70. The van der Waals surface area contributed by atoms with E-state index in [0.717, 1.165) is 17.3 Å². The van der Waals surface area contributed by atoms with Crippen molar-refractivity contribution in [2.75, 3.05) is 0 Å². The van der Waals surface area contributed by atoms with Gasteiger partial charge in [0.05, 0.1) is 17.1 Å². The Labute approximate surface area is 142 Å². The lowest BCUT2D eigenvalue weighted by molar-refractivity contribution is 0.680. The van der Waals surface area contributed by atoms with E-state index in [9.17, 15) is 0 Å². The minimum Gasteiger partial charge on any atom is -0.317 e. The molecule has 1 atom stereocenters. The van der Waals surface area contributed by atoms with E-state index in [1.165, 1.54) is 47.9 Å². The second-order valence-electron chi connectivity index (χ2n) is 7.19. The van der Waals surface area contributed by atoms with Crippen LogP contribution in [0.5, 0.6) is 0 Å². The Morgan fingerprint density at radius 2 is 1.79 bits per heavy atom. The average Bonchev–Trinajstić information content (AvgIpc) is 3.27. The predicted octanol–water partition coefficient (Wildman–Crippen LogP) is 5.95. The summed E-state index contributed by atoms with van der Waals surface area (Å²) in [6.45, 7) is 2.26. The second-order valence-corrected chi connectivity index (χ2v) is 7.19. The van der Waals surface area contributed by atoms with Crippen molar-refractivity contribution >= 4 is 17.1 Å². The Bertz CT molecular complexity index is 928. The van der Waals surface area contributed by atoms with Crippen LogP contribution in [0.4, 0.5) is 0 Å². The SMILES string of the molecule is CC1C=Cc2c(C3CCCC3)ccc3nc(-c4ccccc4)n1c23. The lowest BCUT2D eigenvalue weighted by Gasteiger charge is -2.22. The van der Waals surface area contributed by atoms with Crippen molar-refractivity contribution in [1.82, 2.24) is 9.55 Å². The number of hydrogen-bond donors (Lipinski definition) is 0. The fourth-order valence-electron chi connectivity index (χ4n) is 4.51. The molecule has 24 heavy (non-hydrogen) atoms. The molecular weight excluding hydrogens is 292 g/mol. The molecule has 0 N–H and O–H groups in total. The molecule has 1 unspecified atom stereocenters. The van der Waals surface area contributed by atoms with Gasteiger partial charge in [0.2, 0.25) is 0 Å². The topological polar surface area (TPSA) is 17.8 Å². The Balaban J connectivity index is 1.78. The van der Waals surface area contributed by atoms with E-state index in [0.29, 0.717) is 6.04 Å². The van der Waals surface area contributed by atoms with Crippen molar-refractivity contribution in [3.63, 3.8) is 0 Å². The molecule has 0 radical (unpaired) electrons. The van der Waals surface area contributed by atoms with Crippen molar-refractivity contribution in [3.8, 4) is 11.4 Å². The van der Waals surface area contributed by atoms with Gasteiger partial charge in [0.25, 0.3) is 0 Å². The van der Waals surface area contributed by atoms with Crippen LogP contribution in [0, 0.1) is 0 Å². The zero-order valence-corrected chi connectivity index (χ0v) is 14.1. The molecule has 0 bridgehead atoms. The minimum atomic E-state index is 0.344. The van der Waals surface area contributed by atoms with E-state index in [1.54, 1.807) is 0 Å². The smallest absolute Gasteiger partial charge is 0.141 e. The highest BCUT2D eigenvalue weighted by Gasteiger charge is 2.26. The molecule has 1 aromatic heterocycles. The number of imidazole rings is 1. The van der Waals surface area contributed by atoms with E-state index in [-0.39, 0.29) is 0 Å². The lowest BCUT2D eigenvalue weighted by atomic mass is 9.90. The Morgan fingerprint density at radius 1 is 1.00 bits per heavy atom. The first-order valence-electron chi connectivity index (χ1n) is 9.11. The third kappa shape index (κ3) is 1.99. The monoisotopic (exact) mass is 314 g/mol. The van der Waals surface area contributed by atoms with Crippen LogP contribution in [0.3, 0.4) is 0 Å². The maximum atomic E-state index is 5.00. The molecule has 2 heteroatoms. The second kappa shape index (κ2) is 5.34. The van der Waals surface area contributed by atoms with Crippen LogP contribution in [-0.2, 0) is 0 Å². The Morgan fingerprint density at radius 3 is 2.58 bits per heavy atom. The number of allylic oxidation sites excluding steroid dienone is 1. The maximum Gasteiger partial charge on any atom is 0.141 e. The van der Waals surface area contributed by atoms with Gasteiger partial charge >= 0.3 is 0 Å². The van der Waals surface area contributed by atoms with Gasteiger partial charge in [-0.3, -0.25) is 0 Å². The van der Waals surface area contributed by atoms with Gasteiger partial charge in [0.1, 0.15) is 5.82 Å². The highest BCUT2D eigenvalue weighted by molar-refractivity contribution is 5.91. The molecule has 5 rings (SSSR count). The van der Waals surface area contributed by atoms with Gasteiger partial charge in [0.15, 0.2) is 0 Å². The summed E-state index contributed by atoms with van der Waals surface area (Å²) in [7, 11) is 0. The van der Waals surface area contributed by atoms with Gasteiger partial charge in [-0.1, -0.05) is 61.4 Å². The van der Waals surface area contributed by atoms with E-state index in [1.807, 2.05) is 0 Å². The standard InChI is InChI=1S/C22H22N2/c1-15-11-12-19-18(16-7-5-6-8-16)13-14-20-21(19)24(15)22(23-20)17-9-3-2-4-10-17/h2-4,9-16H,5-8H2,1H3. The normalized spacial score (nSPS) is 20.1. The number of nitrogens with zero attached hydrogens (tertiary/aromatic N) is 2. The summed E-state index contributed by atoms with van der Waals surface area (Å²) in [5, 5.41) is 0. The summed E-state index contributed by atoms with van der Waals surface area (Å²) in [4.78, 5) is 5.00. The van der Waals surface area contributed by atoms with Gasteiger partial charge < -0.3 is 4.57 Å². The summed E-state index contributed by atoms with van der Waals surface area (Å²) < 4.78 is 2.43. The molecule has 2 aromatic carbocycles. The molecule has 2 nitrogen and oxygen atoms in total. The third-order valence-corrected chi connectivity index (χ3v) is 5.70. The fraction of sp³-hybridized carbons (Fsp3) is 0.318. The number of hydrogen-bond acceptors (Lipinski definition) is 1. The highest BCUT2D eigenvalue weighted by Crippen LogP contribution is 2.42. The predicted molar refractivity (Wildman–Crippen MR) is 100 cm³/mol. The largest absolute Gasteiger partial charge is 0.317 e. The zero-order chi connectivity index (χ0) is 16.1. The molecule has 3 aromatic rings. The van der Waals surface area contributed by atoms with Crippen LogP contribution in [0.1, 0.15) is 55.7 Å². The van der Waals surface area contributed by atoms with Crippen molar-refractivity contribution in [2.45, 2.75) is 44.6 Å². The molecule has 1 fully saturated rings. The van der Waals surface area contributed by atoms with Gasteiger partial charge in [-0.25, -0.2) is 4.98 Å². The molecule has 1 saturated carbocycles. The van der Waals surface area contributed by atoms with E-state index in [2.05, 4.69) is 66.1 Å². The molecule has 1 aliphatic heterocycles. The van der Waals surface area contributed by atoms with Crippen LogP contribution in [0.15, 0.2) is 48.5 Å². The number of aromatic nitrogens is 2. The van der Waals surface area contributed by atoms with Crippen molar-refractivity contribution in [3.05, 3.63) is 59.7 Å². The molecule has 0 amide bonds. The molecule has 2 aliphatic rings. The van der Waals surface area contributed by atoms with Gasteiger partial charge in [0, 0.05) is 11.1 Å². The van der Waals surface area contributed by atoms with Gasteiger partial charge in [-0.2, -0.15) is 0 Å². The van der Waals surface area contributed by atoms with Crippen molar-refractivity contribution in [2.24, 2.45) is 0 Å². The summed E-state index contributed by atoms with van der Waals surface area (Å²) in [5.74, 6) is 1.82. The first-order valence-corrected chi connectivity index (χ1v) is 9.11. The summed E-state index contributed by atoms with van der Waals surface area (Å²) >= 11 is 0. The quantitative estimate of drug-likeness (QED) is 0.571. The molecule has 0 spiro atoms. The summed E-state index contributed by atoms with van der Waals surface area (Å²) in [6.07, 6.45) is 10.1. The van der Waals surface area contributed by atoms with E-state index in [4.69, 9.17) is 4.98 Å². The summed E-state index contributed by atoms with van der Waals surface area (Å²) in [6, 6.07) is 15.5. The molecular formula is C22H22N2. The molecule has 2 heterocycles. The van der Waals surface area contributed by atoms with Crippen molar-refractivity contribution in [1.29, 1.82) is 0 Å². The maximum absolute atomic E-state index is 5.00. The van der Waals surface area contributed by atoms with E-state index < -0.39 is 0 Å². The van der Waals surface area contributed by atoms with Crippen LogP contribution >= 0.6 is 0 Å². The number of benzene rings is 2. The Hall–Kier alpha value is -2.35. The van der Waals surface area contributed by atoms with Crippen LogP contribution in [0.25, 0.3) is 28.5 Å². The average molecular weight is 314 g/mol. The first kappa shape index (κ1) is 14.0.